The monoisotopic (exact) mass is 399 g/mol. The zero-order valence-corrected chi connectivity index (χ0v) is 16.0. The molecule has 0 saturated carbocycles. The molecule has 0 spiro atoms. The molecule has 7 nitrogen and oxygen atoms in total. The van der Waals surface area contributed by atoms with E-state index in [1.807, 2.05) is 6.92 Å². The van der Waals surface area contributed by atoms with E-state index in [1.165, 1.54) is 18.2 Å². The van der Waals surface area contributed by atoms with Crippen LogP contribution in [0.5, 0.6) is 5.75 Å². The Kier molecular flexibility index (Phi) is 6.43. The van der Waals surface area contributed by atoms with E-state index in [0.717, 1.165) is 0 Å². The largest absolute Gasteiger partial charge is 0.493 e. The van der Waals surface area contributed by atoms with Crippen LogP contribution in [-0.2, 0) is 9.59 Å². The summed E-state index contributed by atoms with van der Waals surface area (Å²) in [7, 11) is 0. The number of para-hydroxylation sites is 1. The number of rotatable bonds is 8. The number of halogens is 1. The predicted molar refractivity (Wildman–Crippen MR) is 105 cm³/mol. The highest BCUT2D eigenvalue weighted by Gasteiger charge is 2.30. The van der Waals surface area contributed by atoms with Gasteiger partial charge < -0.3 is 20.7 Å². The second kappa shape index (κ2) is 9.18. The standard InChI is InChI=1S/C21H22FN3O4/c1-2-29-18-6-4-3-5-15(18)20(27)24-12-19(26)23-10-9-14-16-11-13(22)7-8-17(16)25-21(14)28/h3-8,11,14H,2,9-10,12H2,1H3,(H,23,26)(H,24,27)(H,25,28)/t14-/m1/s1. The number of amides is 3. The Morgan fingerprint density at radius 3 is 2.76 bits per heavy atom. The van der Waals surface area contributed by atoms with E-state index in [2.05, 4.69) is 16.0 Å². The van der Waals surface area contributed by atoms with E-state index in [9.17, 15) is 18.8 Å². The Bertz CT molecular complexity index is 932. The quantitative estimate of drug-likeness (QED) is 0.634. The Balaban J connectivity index is 1.47. The van der Waals surface area contributed by atoms with Gasteiger partial charge in [-0.1, -0.05) is 12.1 Å². The molecular formula is C21H22FN3O4. The molecule has 0 radical (unpaired) electrons. The topological polar surface area (TPSA) is 96.5 Å². The van der Waals surface area contributed by atoms with Crippen LogP contribution in [0.2, 0.25) is 0 Å². The van der Waals surface area contributed by atoms with E-state index in [4.69, 9.17) is 4.74 Å². The van der Waals surface area contributed by atoms with Crippen LogP contribution in [0.1, 0.15) is 35.2 Å². The van der Waals surface area contributed by atoms with Crippen molar-refractivity contribution in [3.8, 4) is 5.75 Å². The van der Waals surface area contributed by atoms with E-state index < -0.39 is 17.6 Å². The van der Waals surface area contributed by atoms with Gasteiger partial charge in [0.1, 0.15) is 11.6 Å². The van der Waals surface area contributed by atoms with Gasteiger partial charge in [0, 0.05) is 12.2 Å². The summed E-state index contributed by atoms with van der Waals surface area (Å²) >= 11 is 0. The summed E-state index contributed by atoms with van der Waals surface area (Å²) in [6, 6.07) is 10.9. The van der Waals surface area contributed by atoms with E-state index in [0.29, 0.717) is 35.6 Å². The maximum absolute atomic E-state index is 13.4. The summed E-state index contributed by atoms with van der Waals surface area (Å²) in [5.74, 6) is -1.50. The van der Waals surface area contributed by atoms with Crippen LogP contribution < -0.4 is 20.7 Å². The fourth-order valence-corrected chi connectivity index (χ4v) is 3.19. The third-order valence-corrected chi connectivity index (χ3v) is 4.56. The maximum atomic E-state index is 13.4. The lowest BCUT2D eigenvalue weighted by molar-refractivity contribution is -0.121. The first-order valence-corrected chi connectivity index (χ1v) is 9.36. The Labute approximate surface area is 167 Å². The average Bonchev–Trinajstić information content (AvgIpc) is 3.01. The third-order valence-electron chi connectivity index (χ3n) is 4.56. The van der Waals surface area contributed by atoms with Gasteiger partial charge in [0.15, 0.2) is 0 Å². The van der Waals surface area contributed by atoms with Crippen LogP contribution in [-0.4, -0.2) is 37.4 Å². The molecule has 3 rings (SSSR count). The first-order chi connectivity index (χ1) is 14.0. The highest BCUT2D eigenvalue weighted by molar-refractivity contribution is 6.03. The van der Waals surface area contributed by atoms with Gasteiger partial charge in [-0.3, -0.25) is 14.4 Å². The fraction of sp³-hybridized carbons (Fsp3) is 0.286. The van der Waals surface area contributed by atoms with Crippen LogP contribution in [0.4, 0.5) is 10.1 Å². The van der Waals surface area contributed by atoms with Gasteiger partial charge in [0.05, 0.1) is 24.6 Å². The second-order valence-corrected chi connectivity index (χ2v) is 6.52. The molecule has 152 valence electrons. The summed E-state index contributed by atoms with van der Waals surface area (Å²) in [5, 5.41) is 7.91. The van der Waals surface area contributed by atoms with Gasteiger partial charge in [0.2, 0.25) is 11.8 Å². The molecular weight excluding hydrogens is 377 g/mol. The van der Waals surface area contributed by atoms with Crippen LogP contribution in [0.15, 0.2) is 42.5 Å². The molecule has 1 aliphatic heterocycles. The Morgan fingerprint density at radius 2 is 1.97 bits per heavy atom. The molecule has 0 aromatic heterocycles. The summed E-state index contributed by atoms with van der Waals surface area (Å²) in [4.78, 5) is 36.4. The van der Waals surface area contributed by atoms with Gasteiger partial charge in [-0.2, -0.15) is 0 Å². The van der Waals surface area contributed by atoms with E-state index >= 15 is 0 Å². The lowest BCUT2D eigenvalue weighted by atomic mass is 9.97. The number of anilines is 1. The number of ether oxygens (including phenoxy) is 1. The van der Waals surface area contributed by atoms with Gasteiger partial charge in [-0.05, 0) is 49.2 Å². The number of hydrogen-bond acceptors (Lipinski definition) is 4. The van der Waals surface area contributed by atoms with Gasteiger partial charge in [-0.25, -0.2) is 4.39 Å². The maximum Gasteiger partial charge on any atom is 0.255 e. The number of carbonyl (C=O) groups is 3. The van der Waals surface area contributed by atoms with E-state index in [-0.39, 0.29) is 24.9 Å². The fourth-order valence-electron chi connectivity index (χ4n) is 3.19. The van der Waals surface area contributed by atoms with Gasteiger partial charge >= 0.3 is 0 Å². The molecule has 0 unspecified atom stereocenters. The summed E-state index contributed by atoms with van der Waals surface area (Å²) in [5.41, 5.74) is 1.53. The molecule has 1 heterocycles. The molecule has 3 N–H and O–H groups in total. The number of nitrogens with one attached hydrogen (secondary N) is 3. The molecule has 1 atom stereocenters. The van der Waals surface area contributed by atoms with Crippen molar-refractivity contribution in [2.75, 3.05) is 25.0 Å². The smallest absolute Gasteiger partial charge is 0.255 e. The molecule has 0 bridgehead atoms. The third kappa shape index (κ3) is 4.90. The molecule has 3 amide bonds. The molecule has 8 heteroatoms. The van der Waals surface area contributed by atoms with Crippen LogP contribution in [0, 0.1) is 5.82 Å². The van der Waals surface area contributed by atoms with Crippen molar-refractivity contribution >= 4 is 23.4 Å². The second-order valence-electron chi connectivity index (χ2n) is 6.52. The zero-order chi connectivity index (χ0) is 20.8. The van der Waals surface area contributed by atoms with Gasteiger partial charge in [-0.15, -0.1) is 0 Å². The highest BCUT2D eigenvalue weighted by Crippen LogP contribution is 2.34. The van der Waals surface area contributed by atoms with Crippen molar-refractivity contribution in [1.82, 2.24) is 10.6 Å². The molecule has 0 saturated heterocycles. The Morgan fingerprint density at radius 1 is 1.17 bits per heavy atom. The highest BCUT2D eigenvalue weighted by atomic mass is 19.1. The number of hydrogen-bond donors (Lipinski definition) is 3. The summed E-state index contributed by atoms with van der Waals surface area (Å²) in [6.45, 7) is 2.26. The Hall–Kier alpha value is -3.42. The minimum absolute atomic E-state index is 0.207. The molecule has 0 aliphatic carbocycles. The van der Waals surface area contributed by atoms with Crippen molar-refractivity contribution in [2.24, 2.45) is 0 Å². The zero-order valence-electron chi connectivity index (χ0n) is 16.0. The van der Waals surface area contributed by atoms with Crippen molar-refractivity contribution in [1.29, 1.82) is 0 Å². The first-order valence-electron chi connectivity index (χ1n) is 9.36. The van der Waals surface area contributed by atoms with Gasteiger partial charge in [0.25, 0.3) is 5.91 Å². The number of fused-ring (bicyclic) bond motifs is 1. The SMILES string of the molecule is CCOc1ccccc1C(=O)NCC(=O)NCC[C@H]1C(=O)Nc2ccc(F)cc21. The first kappa shape index (κ1) is 20.3. The van der Waals surface area contributed by atoms with Crippen LogP contribution in [0.3, 0.4) is 0 Å². The summed E-state index contributed by atoms with van der Waals surface area (Å²) < 4.78 is 18.9. The number of benzene rings is 2. The van der Waals surface area contributed by atoms with Crippen molar-refractivity contribution in [2.45, 2.75) is 19.3 Å². The molecule has 1 aliphatic rings. The lowest BCUT2D eigenvalue weighted by Crippen LogP contribution is -2.37. The van der Waals surface area contributed by atoms with Crippen molar-refractivity contribution in [3.05, 3.63) is 59.4 Å². The average molecular weight is 399 g/mol. The number of carbonyl (C=O) groups excluding carboxylic acids is 3. The normalized spacial score (nSPS) is 14.7. The predicted octanol–water partition coefficient (Wildman–Crippen LogP) is 2.20. The van der Waals surface area contributed by atoms with Crippen LogP contribution >= 0.6 is 0 Å². The molecule has 29 heavy (non-hydrogen) atoms. The minimum atomic E-state index is -0.520. The molecule has 2 aromatic carbocycles. The summed E-state index contributed by atoms with van der Waals surface area (Å²) in [6.07, 6.45) is 0.329. The lowest BCUT2D eigenvalue weighted by Gasteiger charge is -2.12. The minimum Gasteiger partial charge on any atom is -0.493 e. The molecule has 2 aromatic rings. The van der Waals surface area contributed by atoms with Crippen LogP contribution in [0.25, 0.3) is 0 Å². The molecule has 0 fully saturated rings. The van der Waals surface area contributed by atoms with Crippen molar-refractivity contribution < 1.29 is 23.5 Å². The van der Waals surface area contributed by atoms with E-state index in [1.54, 1.807) is 24.3 Å². The van der Waals surface area contributed by atoms with Crippen molar-refractivity contribution in [3.63, 3.8) is 0 Å².